The van der Waals surface area contributed by atoms with E-state index in [0.717, 1.165) is 47.7 Å². The van der Waals surface area contributed by atoms with E-state index in [1.807, 2.05) is 62.4 Å². The predicted octanol–water partition coefficient (Wildman–Crippen LogP) is 8.65. The van der Waals surface area contributed by atoms with Gasteiger partial charge in [0.05, 0.1) is 38.4 Å². The number of nitriles is 4. The Morgan fingerprint density at radius 2 is 0.907 bits per heavy atom. The third-order valence-electron chi connectivity index (χ3n) is 6.72. The molecular formula is C33H26Br3N5O2. The molecule has 0 radical (unpaired) electrons. The Bertz CT molecular complexity index is 1760. The summed E-state index contributed by atoms with van der Waals surface area (Å²) < 4.78 is 0.979. The topological polar surface area (TPSA) is 133 Å². The SMILES string of the molecule is C.Cc1ccc2c(C#N)c(C)ccc2c1C#N.N#Cc1c(CBr)ccc2c(C#N)c(CBr)ccc12.O=C1CCC(=O)N1Br. The summed E-state index contributed by atoms with van der Waals surface area (Å²) in [6, 6.07) is 24.1. The van der Waals surface area contributed by atoms with Crippen LogP contribution >= 0.6 is 48.0 Å². The molecule has 2 amide bonds. The van der Waals surface area contributed by atoms with E-state index in [1.165, 1.54) is 0 Å². The molecule has 1 saturated heterocycles. The lowest BCUT2D eigenvalue weighted by molar-refractivity contribution is -0.131. The Morgan fingerprint density at radius 3 is 1.16 bits per heavy atom. The number of fused-ring (bicyclic) bond motifs is 2. The van der Waals surface area contributed by atoms with Gasteiger partial charge in [-0.1, -0.05) is 87.8 Å². The number of aryl methyl sites for hydroxylation is 2. The maximum Gasteiger partial charge on any atom is 0.239 e. The number of benzene rings is 4. The van der Waals surface area contributed by atoms with Crippen molar-refractivity contribution in [1.29, 1.82) is 21.0 Å². The Hall–Kier alpha value is -4.06. The molecule has 0 aromatic heterocycles. The Labute approximate surface area is 276 Å². The standard InChI is InChI=1S/C14H8Br2N2.C14H10N2.C4H4BrNO2.CH4/c15-5-9-1-3-11-12(13(9)7-17)4-2-10(6-16)14(11)8-18;1-9-3-5-12-11(13(9)7-15)6-4-10(2)14(12)8-16;5-6-3(7)1-2-4(6)8;/h1-4H,5-6H2;3-6H,1-2H3;1-2H2;1H4. The fourth-order valence-electron chi connectivity index (χ4n) is 4.45. The lowest BCUT2D eigenvalue weighted by Crippen LogP contribution is -2.16. The van der Waals surface area contributed by atoms with E-state index < -0.39 is 0 Å². The Morgan fingerprint density at radius 1 is 0.605 bits per heavy atom. The van der Waals surface area contributed by atoms with Gasteiger partial charge in [-0.3, -0.25) is 9.59 Å². The van der Waals surface area contributed by atoms with Gasteiger partial charge in [-0.25, -0.2) is 3.93 Å². The van der Waals surface area contributed by atoms with Gasteiger partial charge in [0, 0.05) is 45.0 Å². The lowest BCUT2D eigenvalue weighted by Gasteiger charge is -2.09. The first-order valence-electron chi connectivity index (χ1n) is 12.5. The molecule has 10 heteroatoms. The highest BCUT2D eigenvalue weighted by Crippen LogP contribution is 2.29. The number of imide groups is 1. The molecule has 1 aliphatic heterocycles. The number of amides is 2. The molecule has 7 nitrogen and oxygen atoms in total. The summed E-state index contributed by atoms with van der Waals surface area (Å²) in [5.41, 5.74) is 6.39. The fraction of sp³-hybridized carbons (Fsp3) is 0.212. The van der Waals surface area contributed by atoms with E-state index in [1.54, 1.807) is 0 Å². The molecule has 4 aromatic rings. The molecule has 4 aromatic carbocycles. The molecular weight excluding hydrogens is 738 g/mol. The molecule has 43 heavy (non-hydrogen) atoms. The third-order valence-corrected chi connectivity index (χ3v) is 8.72. The van der Waals surface area contributed by atoms with E-state index in [2.05, 4.69) is 72.3 Å². The van der Waals surface area contributed by atoms with Gasteiger partial charge in [0.15, 0.2) is 0 Å². The van der Waals surface area contributed by atoms with Crippen LogP contribution in [0.3, 0.4) is 0 Å². The van der Waals surface area contributed by atoms with Crippen molar-refractivity contribution in [2.75, 3.05) is 0 Å². The normalized spacial score (nSPS) is 11.6. The highest BCUT2D eigenvalue weighted by molar-refractivity contribution is 9.09. The number of nitrogens with zero attached hydrogens (tertiary/aromatic N) is 5. The largest absolute Gasteiger partial charge is 0.274 e. The quantitative estimate of drug-likeness (QED) is 0.114. The molecule has 0 bridgehead atoms. The fourth-order valence-corrected chi connectivity index (χ4v) is 5.74. The van der Waals surface area contributed by atoms with E-state index in [4.69, 9.17) is 10.5 Å². The zero-order chi connectivity index (χ0) is 31.0. The number of hydrogen-bond acceptors (Lipinski definition) is 6. The molecule has 1 heterocycles. The van der Waals surface area contributed by atoms with Gasteiger partial charge in [-0.15, -0.1) is 0 Å². The molecule has 0 spiro atoms. The number of carbonyl (C=O) groups excluding carboxylic acids is 2. The van der Waals surface area contributed by atoms with Gasteiger partial charge >= 0.3 is 0 Å². The van der Waals surface area contributed by atoms with Crippen LogP contribution in [0.25, 0.3) is 21.5 Å². The summed E-state index contributed by atoms with van der Waals surface area (Å²) >= 11 is 9.55. The van der Waals surface area contributed by atoms with Gasteiger partial charge in [0.1, 0.15) is 24.3 Å². The Balaban J connectivity index is 0.000000237. The average molecular weight is 764 g/mol. The first kappa shape index (κ1) is 35.1. The van der Waals surface area contributed by atoms with Gasteiger partial charge in [0.25, 0.3) is 0 Å². The molecule has 1 fully saturated rings. The molecule has 0 N–H and O–H groups in total. The molecule has 0 saturated carbocycles. The second kappa shape index (κ2) is 16.0. The van der Waals surface area contributed by atoms with Crippen LogP contribution in [-0.2, 0) is 20.2 Å². The van der Waals surface area contributed by atoms with Crippen molar-refractivity contribution in [3.05, 3.63) is 93.0 Å². The van der Waals surface area contributed by atoms with Crippen LogP contribution in [0.15, 0.2) is 48.5 Å². The smallest absolute Gasteiger partial charge is 0.239 e. The van der Waals surface area contributed by atoms with Crippen LogP contribution < -0.4 is 0 Å². The van der Waals surface area contributed by atoms with Crippen molar-refractivity contribution in [2.24, 2.45) is 0 Å². The number of rotatable bonds is 2. The van der Waals surface area contributed by atoms with Crippen LogP contribution in [0.4, 0.5) is 0 Å². The lowest BCUT2D eigenvalue weighted by atomic mass is 9.95. The van der Waals surface area contributed by atoms with Crippen LogP contribution in [0.2, 0.25) is 0 Å². The highest BCUT2D eigenvalue weighted by Gasteiger charge is 2.26. The summed E-state index contributed by atoms with van der Waals surface area (Å²) in [6.45, 7) is 3.81. The molecule has 5 rings (SSSR count). The molecule has 0 unspecified atom stereocenters. The van der Waals surface area contributed by atoms with Crippen molar-refractivity contribution in [3.63, 3.8) is 0 Å². The molecule has 216 valence electrons. The van der Waals surface area contributed by atoms with Gasteiger partial charge in [-0.2, -0.15) is 21.0 Å². The van der Waals surface area contributed by atoms with E-state index >= 15 is 0 Å². The zero-order valence-corrected chi connectivity index (χ0v) is 27.4. The maximum atomic E-state index is 10.4. The summed E-state index contributed by atoms with van der Waals surface area (Å²) in [5.74, 6) is -0.287. The van der Waals surface area contributed by atoms with Crippen molar-refractivity contribution >= 4 is 81.4 Å². The van der Waals surface area contributed by atoms with Crippen molar-refractivity contribution in [3.8, 4) is 24.3 Å². The number of halogens is 3. The average Bonchev–Trinajstić information content (AvgIpc) is 3.30. The van der Waals surface area contributed by atoms with E-state index in [-0.39, 0.29) is 19.2 Å². The second-order valence-electron chi connectivity index (χ2n) is 9.19. The summed E-state index contributed by atoms with van der Waals surface area (Å²) in [6.07, 6.45) is 0.703. The summed E-state index contributed by atoms with van der Waals surface area (Å²) in [4.78, 5) is 20.9. The van der Waals surface area contributed by atoms with Gasteiger partial charge < -0.3 is 0 Å². The minimum Gasteiger partial charge on any atom is -0.274 e. The Kier molecular flexibility index (Phi) is 13.0. The van der Waals surface area contributed by atoms with Gasteiger partial charge in [0.2, 0.25) is 11.8 Å². The number of alkyl halides is 2. The number of hydrogen-bond donors (Lipinski definition) is 0. The predicted molar refractivity (Wildman–Crippen MR) is 178 cm³/mol. The molecule has 0 aliphatic carbocycles. The number of carbonyl (C=O) groups is 2. The van der Waals surface area contributed by atoms with Crippen molar-refractivity contribution < 1.29 is 9.59 Å². The first-order valence-corrected chi connectivity index (χ1v) is 15.5. The van der Waals surface area contributed by atoms with Crippen LogP contribution in [0.5, 0.6) is 0 Å². The van der Waals surface area contributed by atoms with E-state index in [0.29, 0.717) is 45.8 Å². The zero-order valence-electron chi connectivity index (χ0n) is 22.6. The van der Waals surface area contributed by atoms with Crippen molar-refractivity contribution in [1.82, 2.24) is 3.93 Å². The maximum absolute atomic E-state index is 10.4. The van der Waals surface area contributed by atoms with E-state index in [9.17, 15) is 20.1 Å². The summed E-state index contributed by atoms with van der Waals surface area (Å²) in [7, 11) is 0. The van der Waals surface area contributed by atoms with Crippen molar-refractivity contribution in [2.45, 2.75) is 44.8 Å². The van der Waals surface area contributed by atoms with Crippen LogP contribution in [0.1, 0.15) is 64.8 Å². The highest BCUT2D eigenvalue weighted by atomic mass is 79.9. The summed E-state index contributed by atoms with van der Waals surface area (Å²) in [5, 5.41) is 41.5. The first-order chi connectivity index (χ1) is 20.2. The monoisotopic (exact) mass is 761 g/mol. The minimum atomic E-state index is -0.144. The third kappa shape index (κ3) is 7.48. The van der Waals surface area contributed by atoms with Crippen LogP contribution in [0, 0.1) is 59.2 Å². The van der Waals surface area contributed by atoms with Crippen LogP contribution in [-0.4, -0.2) is 15.7 Å². The minimum absolute atomic E-state index is 0. The molecule has 1 aliphatic rings. The molecule has 0 atom stereocenters. The van der Waals surface area contributed by atoms with Gasteiger partial charge in [-0.05, 0) is 36.1 Å². The second-order valence-corrected chi connectivity index (χ2v) is 11.0.